The molecule has 138 valence electrons. The number of benzene rings is 1. The molecular formula is C18H25NO6. The smallest absolute Gasteiger partial charge is 0.326 e. The lowest BCUT2D eigenvalue weighted by atomic mass is 9.99. The number of methoxy groups -OCH3 is 3. The van der Waals surface area contributed by atoms with E-state index in [0.717, 1.165) is 5.56 Å². The van der Waals surface area contributed by atoms with Crippen molar-refractivity contribution in [1.29, 1.82) is 0 Å². The highest BCUT2D eigenvalue weighted by Crippen LogP contribution is 2.29. The number of amides is 1. The van der Waals surface area contributed by atoms with Crippen LogP contribution in [0, 0.1) is 5.92 Å². The molecule has 7 nitrogen and oxygen atoms in total. The third kappa shape index (κ3) is 4.22. The molecule has 1 saturated heterocycles. The molecule has 0 saturated carbocycles. The third-order valence-corrected chi connectivity index (χ3v) is 4.58. The molecule has 0 radical (unpaired) electrons. The first kappa shape index (κ1) is 19.1. The molecule has 1 amide bonds. The van der Waals surface area contributed by atoms with Crippen LogP contribution in [0.2, 0.25) is 0 Å². The van der Waals surface area contributed by atoms with Crippen LogP contribution in [-0.4, -0.2) is 61.9 Å². The van der Waals surface area contributed by atoms with Gasteiger partial charge >= 0.3 is 5.97 Å². The first-order chi connectivity index (χ1) is 11.9. The van der Waals surface area contributed by atoms with Crippen LogP contribution < -0.4 is 9.47 Å². The van der Waals surface area contributed by atoms with Crippen LogP contribution in [0.3, 0.4) is 0 Å². The van der Waals surface area contributed by atoms with Crippen molar-refractivity contribution >= 4 is 11.9 Å². The molecule has 0 spiro atoms. The Hall–Kier alpha value is -2.28. The lowest BCUT2D eigenvalue weighted by Gasteiger charge is -2.25. The fourth-order valence-corrected chi connectivity index (χ4v) is 3.18. The van der Waals surface area contributed by atoms with Crippen molar-refractivity contribution in [2.45, 2.75) is 31.9 Å². The quantitative estimate of drug-likeness (QED) is 0.803. The van der Waals surface area contributed by atoms with Gasteiger partial charge in [0.1, 0.15) is 6.04 Å². The summed E-state index contributed by atoms with van der Waals surface area (Å²) in [5, 5.41) is 9.36. The van der Waals surface area contributed by atoms with Gasteiger partial charge in [-0.15, -0.1) is 0 Å². The van der Waals surface area contributed by atoms with Crippen molar-refractivity contribution in [2.24, 2.45) is 5.92 Å². The third-order valence-electron chi connectivity index (χ3n) is 4.58. The minimum atomic E-state index is -0.994. The van der Waals surface area contributed by atoms with E-state index in [1.165, 1.54) is 12.0 Å². The Labute approximate surface area is 147 Å². The zero-order chi connectivity index (χ0) is 18.6. The average molecular weight is 351 g/mol. The molecule has 1 fully saturated rings. The predicted octanol–water partition coefficient (Wildman–Crippen LogP) is 1.58. The lowest BCUT2D eigenvalue weighted by molar-refractivity contribution is -0.149. The molecule has 1 aromatic rings. The van der Waals surface area contributed by atoms with Crippen LogP contribution >= 0.6 is 0 Å². The summed E-state index contributed by atoms with van der Waals surface area (Å²) in [4.78, 5) is 25.6. The van der Waals surface area contributed by atoms with E-state index in [0.29, 0.717) is 30.9 Å². The van der Waals surface area contributed by atoms with E-state index in [4.69, 9.17) is 14.2 Å². The summed E-state index contributed by atoms with van der Waals surface area (Å²) in [6.45, 7) is 2.11. The number of carbonyl (C=O) groups excluding carboxylic acids is 1. The molecule has 1 heterocycles. The van der Waals surface area contributed by atoms with Gasteiger partial charge < -0.3 is 24.2 Å². The van der Waals surface area contributed by atoms with Gasteiger partial charge in [-0.1, -0.05) is 13.0 Å². The summed E-state index contributed by atoms with van der Waals surface area (Å²) in [6.07, 6.45) is 0.568. The molecule has 1 N–H and O–H groups in total. The highest BCUT2D eigenvalue weighted by Gasteiger charge is 2.40. The van der Waals surface area contributed by atoms with Gasteiger partial charge in [0.2, 0.25) is 5.91 Å². The Kier molecular flexibility index (Phi) is 6.25. The van der Waals surface area contributed by atoms with E-state index in [2.05, 4.69) is 0 Å². The number of likely N-dealkylation sites (tertiary alicyclic amines) is 1. The maximum atomic E-state index is 12.8. The Balaban J connectivity index is 2.10. The van der Waals surface area contributed by atoms with Gasteiger partial charge in [-0.2, -0.15) is 0 Å². The Morgan fingerprint density at radius 1 is 1.24 bits per heavy atom. The van der Waals surface area contributed by atoms with Gasteiger partial charge in [-0.05, 0) is 24.1 Å². The zero-order valence-corrected chi connectivity index (χ0v) is 15.0. The number of ether oxygens (including phenoxy) is 3. The molecular weight excluding hydrogens is 326 g/mol. The average Bonchev–Trinajstić information content (AvgIpc) is 3.05. The summed E-state index contributed by atoms with van der Waals surface area (Å²) >= 11 is 0. The largest absolute Gasteiger partial charge is 0.493 e. The minimum absolute atomic E-state index is 0.179. The van der Waals surface area contributed by atoms with E-state index in [1.54, 1.807) is 27.2 Å². The maximum absolute atomic E-state index is 12.8. The fourth-order valence-electron chi connectivity index (χ4n) is 3.18. The number of nitrogens with zero attached hydrogens (tertiary/aromatic N) is 1. The first-order valence-corrected chi connectivity index (χ1v) is 8.18. The second kappa shape index (κ2) is 8.20. The highest BCUT2D eigenvalue weighted by molar-refractivity contribution is 5.85. The fraction of sp³-hybridized carbons (Fsp3) is 0.556. The SMILES string of the molecule is COc1ccc(CC(C)C(=O)N2CC(OC)CC2C(=O)O)cc1OC. The molecule has 3 atom stereocenters. The molecule has 1 aromatic carbocycles. The van der Waals surface area contributed by atoms with Crippen molar-refractivity contribution < 1.29 is 28.9 Å². The van der Waals surface area contributed by atoms with Gasteiger partial charge in [0.15, 0.2) is 11.5 Å². The van der Waals surface area contributed by atoms with E-state index >= 15 is 0 Å². The molecule has 1 aliphatic rings. The van der Waals surface area contributed by atoms with E-state index in [9.17, 15) is 14.7 Å². The van der Waals surface area contributed by atoms with Gasteiger partial charge in [0.25, 0.3) is 0 Å². The molecule has 1 aliphatic heterocycles. The van der Waals surface area contributed by atoms with Gasteiger partial charge in [0.05, 0.1) is 20.3 Å². The number of aliphatic carboxylic acids is 1. The molecule has 2 rings (SSSR count). The van der Waals surface area contributed by atoms with Crippen LogP contribution in [0.15, 0.2) is 18.2 Å². The minimum Gasteiger partial charge on any atom is -0.493 e. The van der Waals surface area contributed by atoms with Crippen LogP contribution in [-0.2, 0) is 20.7 Å². The summed E-state index contributed by atoms with van der Waals surface area (Å²) in [6, 6.07) is 4.67. The van der Waals surface area contributed by atoms with Crippen LogP contribution in [0.4, 0.5) is 0 Å². The van der Waals surface area contributed by atoms with Gasteiger partial charge in [-0.3, -0.25) is 4.79 Å². The summed E-state index contributed by atoms with van der Waals surface area (Å²) in [7, 11) is 4.66. The zero-order valence-electron chi connectivity index (χ0n) is 15.0. The van der Waals surface area contributed by atoms with Crippen molar-refractivity contribution in [1.82, 2.24) is 4.90 Å². The summed E-state index contributed by atoms with van der Waals surface area (Å²) in [5.74, 6) is -0.300. The molecule has 0 aromatic heterocycles. The Bertz CT molecular complexity index is 632. The normalized spacial score (nSPS) is 21.0. The highest BCUT2D eigenvalue weighted by atomic mass is 16.5. The number of rotatable bonds is 7. The number of carboxylic acids is 1. The maximum Gasteiger partial charge on any atom is 0.326 e. The number of carbonyl (C=O) groups is 2. The van der Waals surface area contributed by atoms with E-state index < -0.39 is 12.0 Å². The standard InChI is InChI=1S/C18H25NO6/c1-11(7-12-5-6-15(24-3)16(8-12)25-4)17(20)19-10-13(23-2)9-14(19)18(21)22/h5-6,8,11,13-14H,7,9-10H2,1-4H3,(H,21,22). The number of carboxylic acid groups (broad SMARTS) is 1. The number of hydrogen-bond acceptors (Lipinski definition) is 5. The van der Waals surface area contributed by atoms with Crippen molar-refractivity contribution in [3.63, 3.8) is 0 Å². The second-order valence-corrected chi connectivity index (χ2v) is 6.23. The Morgan fingerprint density at radius 3 is 2.48 bits per heavy atom. The molecule has 3 unspecified atom stereocenters. The van der Waals surface area contributed by atoms with E-state index in [-0.39, 0.29) is 17.9 Å². The van der Waals surface area contributed by atoms with Crippen molar-refractivity contribution in [3.8, 4) is 11.5 Å². The summed E-state index contributed by atoms with van der Waals surface area (Å²) in [5.41, 5.74) is 0.924. The van der Waals surface area contributed by atoms with Crippen LogP contribution in [0.5, 0.6) is 11.5 Å². The van der Waals surface area contributed by atoms with Gasteiger partial charge in [-0.25, -0.2) is 4.79 Å². The van der Waals surface area contributed by atoms with Crippen molar-refractivity contribution in [3.05, 3.63) is 23.8 Å². The second-order valence-electron chi connectivity index (χ2n) is 6.23. The topological polar surface area (TPSA) is 85.3 Å². The number of hydrogen-bond donors (Lipinski definition) is 1. The molecule has 7 heteroatoms. The Morgan fingerprint density at radius 2 is 1.92 bits per heavy atom. The summed E-state index contributed by atoms with van der Waals surface area (Å²) < 4.78 is 15.7. The monoisotopic (exact) mass is 351 g/mol. The van der Waals surface area contributed by atoms with Crippen LogP contribution in [0.1, 0.15) is 18.9 Å². The molecule has 0 bridgehead atoms. The molecule has 0 aliphatic carbocycles. The molecule has 25 heavy (non-hydrogen) atoms. The van der Waals surface area contributed by atoms with E-state index in [1.807, 2.05) is 12.1 Å². The van der Waals surface area contributed by atoms with Gasteiger partial charge in [0, 0.05) is 26.0 Å². The lowest BCUT2D eigenvalue weighted by Crippen LogP contribution is -2.43. The van der Waals surface area contributed by atoms with Crippen LogP contribution in [0.25, 0.3) is 0 Å². The van der Waals surface area contributed by atoms with Crippen molar-refractivity contribution in [2.75, 3.05) is 27.9 Å². The predicted molar refractivity (Wildman–Crippen MR) is 91.0 cm³/mol. The first-order valence-electron chi connectivity index (χ1n) is 8.18.